The topological polar surface area (TPSA) is 41.1 Å². The van der Waals surface area contributed by atoms with Gasteiger partial charge in [0.1, 0.15) is 5.82 Å². The molecule has 1 aromatic rings. The summed E-state index contributed by atoms with van der Waals surface area (Å²) in [5.74, 6) is 1.45. The first kappa shape index (κ1) is 10.4. The Bertz CT molecular complexity index is 318. The molecule has 1 fully saturated rings. The van der Waals surface area contributed by atoms with E-state index < -0.39 is 0 Å². The first-order chi connectivity index (χ1) is 7.29. The molecule has 82 valence electrons. The normalized spacial score (nSPS) is 19.1. The quantitative estimate of drug-likeness (QED) is 0.792. The molecule has 1 aliphatic rings. The number of aromatic nitrogens is 2. The monoisotopic (exact) mass is 206 g/mol. The molecule has 0 unspecified atom stereocenters. The molecule has 2 heterocycles. The average molecular weight is 206 g/mol. The molecule has 15 heavy (non-hydrogen) atoms. The van der Waals surface area contributed by atoms with Gasteiger partial charge in [0, 0.05) is 19.2 Å². The molecule has 0 aliphatic carbocycles. The third-order valence-electron chi connectivity index (χ3n) is 3.05. The highest BCUT2D eigenvalue weighted by molar-refractivity contribution is 5.31. The highest BCUT2D eigenvalue weighted by Crippen LogP contribution is 2.25. The highest BCUT2D eigenvalue weighted by atomic mass is 15.1. The van der Waals surface area contributed by atoms with Crippen LogP contribution in [0.5, 0.6) is 0 Å². The van der Waals surface area contributed by atoms with Crippen LogP contribution in [0.2, 0.25) is 0 Å². The molecule has 0 spiro atoms. The molecule has 2 rings (SSSR count). The Labute approximate surface area is 90.7 Å². The van der Waals surface area contributed by atoms with E-state index in [1.54, 1.807) is 6.20 Å². The second-order valence-corrected chi connectivity index (χ2v) is 4.16. The molecular weight excluding hydrogens is 188 g/mol. The summed E-state index contributed by atoms with van der Waals surface area (Å²) in [6.07, 6.45) is 6.05. The highest BCUT2D eigenvalue weighted by Gasteiger charge is 2.19. The summed E-state index contributed by atoms with van der Waals surface area (Å²) < 4.78 is 0. The number of piperidine rings is 1. The zero-order chi connectivity index (χ0) is 10.7. The second-order valence-electron chi connectivity index (χ2n) is 4.16. The number of nitrogens with one attached hydrogen (secondary N) is 1. The van der Waals surface area contributed by atoms with E-state index in [4.69, 9.17) is 0 Å². The van der Waals surface area contributed by atoms with E-state index in [0.717, 1.165) is 24.6 Å². The van der Waals surface area contributed by atoms with Crippen molar-refractivity contribution in [3.8, 4) is 0 Å². The van der Waals surface area contributed by atoms with E-state index in [1.807, 2.05) is 13.2 Å². The molecular formula is C11H18N4. The fourth-order valence-corrected chi connectivity index (χ4v) is 2.00. The van der Waals surface area contributed by atoms with Crippen molar-refractivity contribution in [3.63, 3.8) is 0 Å². The number of likely N-dealkylation sites (tertiary alicyclic amines) is 1. The summed E-state index contributed by atoms with van der Waals surface area (Å²) in [6, 6.07) is 0. The molecule has 1 N–H and O–H groups in total. The van der Waals surface area contributed by atoms with Crippen molar-refractivity contribution in [1.82, 2.24) is 14.9 Å². The largest absolute Gasteiger partial charge is 0.372 e. The van der Waals surface area contributed by atoms with Gasteiger partial charge in [0.05, 0.1) is 11.9 Å². The van der Waals surface area contributed by atoms with E-state index in [9.17, 15) is 0 Å². The van der Waals surface area contributed by atoms with Crippen molar-refractivity contribution in [2.45, 2.75) is 18.8 Å². The van der Waals surface area contributed by atoms with Crippen LogP contribution in [0, 0.1) is 0 Å². The van der Waals surface area contributed by atoms with E-state index in [0.29, 0.717) is 5.92 Å². The molecule has 0 amide bonds. The van der Waals surface area contributed by atoms with Crippen LogP contribution in [0.25, 0.3) is 0 Å². The van der Waals surface area contributed by atoms with Crippen molar-refractivity contribution in [1.29, 1.82) is 0 Å². The van der Waals surface area contributed by atoms with Crippen molar-refractivity contribution < 1.29 is 0 Å². The van der Waals surface area contributed by atoms with Crippen LogP contribution >= 0.6 is 0 Å². The summed E-state index contributed by atoms with van der Waals surface area (Å²) in [7, 11) is 4.05. The molecule has 1 saturated heterocycles. The molecule has 0 bridgehead atoms. The van der Waals surface area contributed by atoms with Gasteiger partial charge >= 0.3 is 0 Å². The number of anilines is 1. The lowest BCUT2D eigenvalue weighted by Gasteiger charge is -2.28. The predicted octanol–water partition coefficient (Wildman–Crippen LogP) is 1.33. The Morgan fingerprint density at radius 2 is 2.07 bits per heavy atom. The summed E-state index contributed by atoms with van der Waals surface area (Å²) in [5, 5.41) is 3.03. The zero-order valence-electron chi connectivity index (χ0n) is 9.40. The van der Waals surface area contributed by atoms with Gasteiger partial charge in [-0.25, -0.2) is 4.98 Å². The zero-order valence-corrected chi connectivity index (χ0v) is 9.40. The molecule has 0 saturated carbocycles. The van der Waals surface area contributed by atoms with Crippen molar-refractivity contribution in [2.24, 2.45) is 0 Å². The number of rotatable bonds is 2. The van der Waals surface area contributed by atoms with Gasteiger partial charge in [-0.1, -0.05) is 0 Å². The maximum atomic E-state index is 4.55. The number of nitrogens with zero attached hydrogens (tertiary/aromatic N) is 3. The Morgan fingerprint density at radius 1 is 1.33 bits per heavy atom. The van der Waals surface area contributed by atoms with Crippen LogP contribution in [0.3, 0.4) is 0 Å². The molecule has 4 nitrogen and oxygen atoms in total. The molecule has 1 aliphatic heterocycles. The van der Waals surface area contributed by atoms with Crippen LogP contribution in [-0.2, 0) is 0 Å². The van der Waals surface area contributed by atoms with Gasteiger partial charge in [0.25, 0.3) is 0 Å². The van der Waals surface area contributed by atoms with E-state index in [2.05, 4.69) is 27.2 Å². The standard InChI is InChI=1S/C11H18N4/c1-12-11-8-13-7-10(14-11)9-3-5-15(2)6-4-9/h7-9H,3-6H2,1-2H3,(H,12,14). The second kappa shape index (κ2) is 4.57. The Kier molecular flexibility index (Phi) is 3.16. The maximum Gasteiger partial charge on any atom is 0.144 e. The van der Waals surface area contributed by atoms with Crippen LogP contribution < -0.4 is 5.32 Å². The number of hydrogen-bond donors (Lipinski definition) is 1. The smallest absolute Gasteiger partial charge is 0.144 e. The minimum atomic E-state index is 0.585. The maximum absolute atomic E-state index is 4.55. The third kappa shape index (κ3) is 2.45. The fourth-order valence-electron chi connectivity index (χ4n) is 2.00. The minimum absolute atomic E-state index is 0.585. The SMILES string of the molecule is CNc1cncc(C2CCN(C)CC2)n1. The van der Waals surface area contributed by atoms with E-state index in [-0.39, 0.29) is 0 Å². The van der Waals surface area contributed by atoms with Gasteiger partial charge in [0.2, 0.25) is 0 Å². The molecule has 1 aromatic heterocycles. The van der Waals surface area contributed by atoms with Gasteiger partial charge in [-0.2, -0.15) is 0 Å². The van der Waals surface area contributed by atoms with Gasteiger partial charge in [-0.05, 0) is 33.0 Å². The molecule has 4 heteroatoms. The minimum Gasteiger partial charge on any atom is -0.372 e. The summed E-state index contributed by atoms with van der Waals surface area (Å²) in [6.45, 7) is 2.33. The fraction of sp³-hybridized carbons (Fsp3) is 0.636. The Balaban J connectivity index is 2.08. The number of hydrogen-bond acceptors (Lipinski definition) is 4. The van der Waals surface area contributed by atoms with E-state index >= 15 is 0 Å². The predicted molar refractivity (Wildman–Crippen MR) is 61.1 cm³/mol. The van der Waals surface area contributed by atoms with Crippen molar-refractivity contribution in [2.75, 3.05) is 32.5 Å². The first-order valence-electron chi connectivity index (χ1n) is 5.48. The van der Waals surface area contributed by atoms with Gasteiger partial charge in [-0.3, -0.25) is 4.98 Å². The van der Waals surface area contributed by atoms with Crippen LogP contribution in [0.1, 0.15) is 24.5 Å². The van der Waals surface area contributed by atoms with Crippen molar-refractivity contribution >= 4 is 5.82 Å². The summed E-state index contributed by atoms with van der Waals surface area (Å²) in [5.41, 5.74) is 1.13. The summed E-state index contributed by atoms with van der Waals surface area (Å²) in [4.78, 5) is 11.1. The lowest BCUT2D eigenvalue weighted by Crippen LogP contribution is -2.29. The first-order valence-corrected chi connectivity index (χ1v) is 5.48. The molecule has 0 aromatic carbocycles. The van der Waals surface area contributed by atoms with Gasteiger partial charge < -0.3 is 10.2 Å². The van der Waals surface area contributed by atoms with Gasteiger partial charge in [-0.15, -0.1) is 0 Å². The lowest BCUT2D eigenvalue weighted by atomic mass is 9.94. The summed E-state index contributed by atoms with van der Waals surface area (Å²) >= 11 is 0. The molecule has 0 atom stereocenters. The lowest BCUT2D eigenvalue weighted by molar-refractivity contribution is 0.253. The van der Waals surface area contributed by atoms with Crippen molar-refractivity contribution in [3.05, 3.63) is 18.1 Å². The Morgan fingerprint density at radius 3 is 2.73 bits per heavy atom. The average Bonchev–Trinajstić information content (AvgIpc) is 2.30. The third-order valence-corrected chi connectivity index (χ3v) is 3.05. The van der Waals surface area contributed by atoms with Crippen LogP contribution in [0.4, 0.5) is 5.82 Å². The molecule has 0 radical (unpaired) electrons. The Hall–Kier alpha value is -1.16. The van der Waals surface area contributed by atoms with Gasteiger partial charge in [0.15, 0.2) is 0 Å². The van der Waals surface area contributed by atoms with E-state index in [1.165, 1.54) is 12.8 Å². The van der Waals surface area contributed by atoms with Crippen LogP contribution in [0.15, 0.2) is 12.4 Å². The van der Waals surface area contributed by atoms with Crippen LogP contribution in [-0.4, -0.2) is 42.1 Å².